The van der Waals surface area contributed by atoms with Crippen molar-refractivity contribution in [3.05, 3.63) is 21.9 Å². The molecule has 1 aliphatic heterocycles. The third-order valence-electron chi connectivity index (χ3n) is 1.89. The SMILES string of the molecule is C#CC1Cc2sccc2C(N)=N1.Cl. The maximum atomic E-state index is 5.72. The van der Waals surface area contributed by atoms with Crippen molar-refractivity contribution >= 4 is 29.6 Å². The van der Waals surface area contributed by atoms with Crippen LogP contribution in [0.2, 0.25) is 0 Å². The zero-order valence-electron chi connectivity index (χ0n) is 6.86. The average molecular weight is 213 g/mol. The third-order valence-corrected chi connectivity index (χ3v) is 2.83. The number of hydrogen-bond donors (Lipinski definition) is 1. The van der Waals surface area contributed by atoms with Crippen LogP contribution >= 0.6 is 23.7 Å². The fraction of sp³-hybridized carbons (Fsp3) is 0.222. The molecule has 2 heterocycles. The van der Waals surface area contributed by atoms with Gasteiger partial charge in [-0.3, -0.25) is 4.99 Å². The molecule has 0 fully saturated rings. The van der Waals surface area contributed by atoms with Gasteiger partial charge < -0.3 is 5.73 Å². The molecule has 13 heavy (non-hydrogen) atoms. The molecule has 0 amide bonds. The van der Waals surface area contributed by atoms with Crippen molar-refractivity contribution in [2.75, 3.05) is 0 Å². The van der Waals surface area contributed by atoms with E-state index in [2.05, 4.69) is 10.9 Å². The minimum Gasteiger partial charge on any atom is -0.383 e. The summed E-state index contributed by atoms with van der Waals surface area (Å²) in [6, 6.07) is 1.93. The van der Waals surface area contributed by atoms with Crippen LogP contribution in [0.15, 0.2) is 16.4 Å². The standard InChI is InChI=1S/C9H8N2S.ClH/c1-2-6-5-8-7(3-4-12-8)9(10)11-6;/h1,3-4,6H,5H2,(H2,10,11);1H. The van der Waals surface area contributed by atoms with Crippen molar-refractivity contribution in [1.29, 1.82) is 0 Å². The molecule has 1 aromatic rings. The predicted molar refractivity (Wildman–Crippen MR) is 58.6 cm³/mol. The van der Waals surface area contributed by atoms with Crippen LogP contribution in [0.25, 0.3) is 0 Å². The Bertz CT molecular complexity index is 375. The van der Waals surface area contributed by atoms with Gasteiger partial charge in [-0.15, -0.1) is 30.2 Å². The number of amidine groups is 1. The molecule has 0 spiro atoms. The number of rotatable bonds is 0. The van der Waals surface area contributed by atoms with Crippen molar-refractivity contribution in [3.63, 3.8) is 0 Å². The van der Waals surface area contributed by atoms with Gasteiger partial charge in [-0.25, -0.2) is 0 Å². The van der Waals surface area contributed by atoms with Crippen molar-refractivity contribution < 1.29 is 0 Å². The van der Waals surface area contributed by atoms with E-state index in [1.165, 1.54) is 4.88 Å². The van der Waals surface area contributed by atoms with Gasteiger partial charge in [0, 0.05) is 16.9 Å². The molecule has 2 N–H and O–H groups in total. The molecular weight excluding hydrogens is 204 g/mol. The lowest BCUT2D eigenvalue weighted by atomic mass is 10.1. The second-order valence-electron chi connectivity index (χ2n) is 2.66. The minimum absolute atomic E-state index is 0. The first-order valence-electron chi connectivity index (χ1n) is 3.67. The molecule has 2 rings (SSSR count). The lowest BCUT2D eigenvalue weighted by molar-refractivity contribution is 0.831. The van der Waals surface area contributed by atoms with Gasteiger partial charge in [0.05, 0.1) is 0 Å². The Hall–Kier alpha value is -0.980. The van der Waals surface area contributed by atoms with Crippen molar-refractivity contribution in [2.45, 2.75) is 12.5 Å². The highest BCUT2D eigenvalue weighted by Gasteiger charge is 2.18. The van der Waals surface area contributed by atoms with Gasteiger partial charge >= 0.3 is 0 Å². The van der Waals surface area contributed by atoms with Crippen LogP contribution in [0.5, 0.6) is 0 Å². The maximum absolute atomic E-state index is 5.72. The molecule has 1 aromatic heterocycles. The summed E-state index contributed by atoms with van der Waals surface area (Å²) in [7, 11) is 0. The number of nitrogens with zero attached hydrogens (tertiary/aromatic N) is 1. The van der Waals surface area contributed by atoms with E-state index in [9.17, 15) is 0 Å². The Balaban J connectivity index is 0.000000845. The molecule has 0 saturated heterocycles. The monoisotopic (exact) mass is 212 g/mol. The van der Waals surface area contributed by atoms with Gasteiger partial charge in [0.15, 0.2) is 0 Å². The van der Waals surface area contributed by atoms with Crippen LogP contribution in [0.4, 0.5) is 0 Å². The average Bonchev–Trinajstić information content (AvgIpc) is 2.52. The quantitative estimate of drug-likeness (QED) is 0.650. The summed E-state index contributed by atoms with van der Waals surface area (Å²) in [6.07, 6.45) is 6.12. The Morgan fingerprint density at radius 2 is 2.46 bits per heavy atom. The van der Waals surface area contributed by atoms with Crippen LogP contribution in [-0.4, -0.2) is 11.9 Å². The van der Waals surface area contributed by atoms with Crippen molar-refractivity contribution in [1.82, 2.24) is 0 Å². The molecule has 0 aliphatic carbocycles. The van der Waals surface area contributed by atoms with E-state index >= 15 is 0 Å². The largest absolute Gasteiger partial charge is 0.383 e. The second-order valence-corrected chi connectivity index (χ2v) is 3.66. The highest BCUT2D eigenvalue weighted by atomic mass is 35.5. The third kappa shape index (κ3) is 1.69. The topological polar surface area (TPSA) is 38.4 Å². The number of fused-ring (bicyclic) bond motifs is 1. The van der Waals surface area contributed by atoms with Gasteiger partial charge in [-0.1, -0.05) is 5.92 Å². The summed E-state index contributed by atoms with van der Waals surface area (Å²) >= 11 is 1.69. The first-order chi connectivity index (χ1) is 5.81. The normalized spacial score (nSPS) is 19.3. The van der Waals surface area contributed by atoms with Gasteiger partial charge in [-0.2, -0.15) is 0 Å². The molecule has 68 valence electrons. The molecule has 4 heteroatoms. The molecule has 0 bridgehead atoms. The molecule has 0 aromatic carbocycles. The second kappa shape index (κ2) is 3.82. The summed E-state index contributed by atoms with van der Waals surface area (Å²) < 4.78 is 0. The number of nitrogens with two attached hydrogens (primary N) is 1. The molecular formula is C9H9ClN2S. The molecule has 1 unspecified atom stereocenters. The number of terminal acetylenes is 1. The van der Waals surface area contributed by atoms with Crippen LogP contribution in [0.3, 0.4) is 0 Å². The molecule has 1 atom stereocenters. The molecule has 0 radical (unpaired) electrons. The van der Waals surface area contributed by atoms with E-state index in [4.69, 9.17) is 12.2 Å². The smallest absolute Gasteiger partial charge is 0.128 e. The van der Waals surface area contributed by atoms with Gasteiger partial charge in [-0.05, 0) is 11.4 Å². The fourth-order valence-electron chi connectivity index (χ4n) is 1.28. The number of halogens is 1. The summed E-state index contributed by atoms with van der Waals surface area (Å²) in [5.41, 5.74) is 6.78. The number of thiophene rings is 1. The van der Waals surface area contributed by atoms with Crippen LogP contribution in [-0.2, 0) is 6.42 Å². The lowest BCUT2D eigenvalue weighted by Gasteiger charge is -2.13. The summed E-state index contributed by atoms with van der Waals surface area (Å²) in [5.74, 6) is 3.19. The fourth-order valence-corrected chi connectivity index (χ4v) is 2.20. The van der Waals surface area contributed by atoms with E-state index in [1.54, 1.807) is 11.3 Å². The summed E-state index contributed by atoms with van der Waals surface area (Å²) in [6.45, 7) is 0. The van der Waals surface area contributed by atoms with E-state index in [0.717, 1.165) is 12.0 Å². The van der Waals surface area contributed by atoms with Gasteiger partial charge in [0.1, 0.15) is 11.9 Å². The zero-order valence-corrected chi connectivity index (χ0v) is 8.49. The van der Waals surface area contributed by atoms with E-state index in [-0.39, 0.29) is 18.4 Å². The van der Waals surface area contributed by atoms with E-state index in [0.29, 0.717) is 5.84 Å². The predicted octanol–water partition coefficient (Wildman–Crippen LogP) is 1.43. The van der Waals surface area contributed by atoms with E-state index in [1.807, 2.05) is 11.4 Å². The molecule has 0 saturated carbocycles. The molecule has 1 aliphatic rings. The first-order valence-corrected chi connectivity index (χ1v) is 4.55. The van der Waals surface area contributed by atoms with Crippen LogP contribution in [0.1, 0.15) is 10.4 Å². The van der Waals surface area contributed by atoms with E-state index < -0.39 is 0 Å². The minimum atomic E-state index is -0.0591. The Morgan fingerprint density at radius 3 is 3.15 bits per heavy atom. The number of aliphatic imine (C=N–C) groups is 1. The maximum Gasteiger partial charge on any atom is 0.128 e. The van der Waals surface area contributed by atoms with Crippen LogP contribution in [0, 0.1) is 12.3 Å². The zero-order chi connectivity index (χ0) is 8.55. The first kappa shape index (κ1) is 10.1. The van der Waals surface area contributed by atoms with Gasteiger partial charge in [0.2, 0.25) is 0 Å². The van der Waals surface area contributed by atoms with Crippen LogP contribution < -0.4 is 5.73 Å². The highest BCUT2D eigenvalue weighted by Crippen LogP contribution is 2.23. The summed E-state index contributed by atoms with van der Waals surface area (Å²) in [4.78, 5) is 5.43. The Morgan fingerprint density at radius 1 is 1.69 bits per heavy atom. The Kier molecular flexibility index (Phi) is 2.97. The Labute approximate surface area is 87.3 Å². The highest BCUT2D eigenvalue weighted by molar-refractivity contribution is 7.10. The number of hydrogen-bond acceptors (Lipinski definition) is 3. The lowest BCUT2D eigenvalue weighted by Crippen LogP contribution is -2.24. The van der Waals surface area contributed by atoms with Crippen molar-refractivity contribution in [3.8, 4) is 12.3 Å². The summed E-state index contributed by atoms with van der Waals surface area (Å²) in [5, 5.41) is 2.02. The molecule has 2 nitrogen and oxygen atoms in total. The van der Waals surface area contributed by atoms with Gasteiger partial charge in [0.25, 0.3) is 0 Å². The van der Waals surface area contributed by atoms with Crippen molar-refractivity contribution in [2.24, 2.45) is 10.7 Å².